The van der Waals surface area contributed by atoms with E-state index in [1.54, 1.807) is 0 Å². The van der Waals surface area contributed by atoms with Gasteiger partial charge in [-0.05, 0) is 6.08 Å². The molecule has 0 amide bonds. The average Bonchev–Trinajstić information content (AvgIpc) is 1.78. The molecule has 4 heteroatoms. The lowest BCUT2D eigenvalue weighted by Crippen LogP contribution is -1.78. The van der Waals surface area contributed by atoms with Gasteiger partial charge in [-0.1, -0.05) is 24.8 Å². The zero-order chi connectivity index (χ0) is 8.04. The smallest absolute Gasteiger partial charge is 0.190 e. The molecule has 0 unspecified atom stereocenters. The molecule has 2 nitrogen and oxygen atoms in total. The van der Waals surface area contributed by atoms with Crippen molar-refractivity contribution in [2.24, 2.45) is 0 Å². The molecule has 0 fully saturated rings. The molecule has 0 aromatic rings. The number of hydrogen-bond acceptors (Lipinski definition) is 2. The van der Waals surface area contributed by atoms with E-state index in [1.165, 1.54) is 18.2 Å². The molecule has 0 aliphatic rings. The minimum Gasteiger partial charge on any atom is -0.190 e. The van der Waals surface area contributed by atoms with E-state index < -0.39 is 10.2 Å². The van der Waals surface area contributed by atoms with E-state index in [2.05, 4.69) is 6.58 Å². The van der Waals surface area contributed by atoms with Crippen LogP contribution in [0.4, 0.5) is 3.89 Å². The molecule has 0 atom stereocenters. The van der Waals surface area contributed by atoms with Gasteiger partial charge >= 0.3 is 10.2 Å². The van der Waals surface area contributed by atoms with Crippen LogP contribution < -0.4 is 0 Å². The van der Waals surface area contributed by atoms with E-state index in [9.17, 15) is 12.3 Å². The summed E-state index contributed by atoms with van der Waals surface area (Å²) >= 11 is 0. The molecule has 10 heavy (non-hydrogen) atoms. The van der Waals surface area contributed by atoms with Gasteiger partial charge in [0, 0.05) is 0 Å². The summed E-state index contributed by atoms with van der Waals surface area (Å²) in [6, 6.07) is 0. The first-order chi connectivity index (χ1) is 4.56. The standard InChI is InChI=1S/C6H7FO2S/c1-2-3-4-5-6-10(7,8)9/h2-6H,1H2. The predicted molar refractivity (Wildman–Crippen MR) is 38.5 cm³/mol. The Kier molecular flexibility index (Phi) is 3.64. The van der Waals surface area contributed by atoms with E-state index >= 15 is 0 Å². The normalized spacial score (nSPS) is 12.9. The molecule has 0 aliphatic carbocycles. The maximum absolute atomic E-state index is 11.6. The number of allylic oxidation sites excluding steroid dienone is 4. The number of hydrogen-bond donors (Lipinski definition) is 0. The maximum atomic E-state index is 11.6. The van der Waals surface area contributed by atoms with Gasteiger partial charge in [-0.2, -0.15) is 8.42 Å². The van der Waals surface area contributed by atoms with Crippen LogP contribution in [0.1, 0.15) is 0 Å². The average molecular weight is 162 g/mol. The Labute approximate surface area is 59.6 Å². The molecule has 0 saturated heterocycles. The lowest BCUT2D eigenvalue weighted by Gasteiger charge is -1.75. The second-order valence-electron chi connectivity index (χ2n) is 1.42. The highest BCUT2D eigenvalue weighted by molar-refractivity contribution is 7.89. The van der Waals surface area contributed by atoms with Crippen molar-refractivity contribution in [2.75, 3.05) is 0 Å². The molecule has 0 spiro atoms. The summed E-state index contributed by atoms with van der Waals surface area (Å²) in [5.41, 5.74) is 0. The predicted octanol–water partition coefficient (Wildman–Crippen LogP) is 1.54. The lowest BCUT2D eigenvalue weighted by molar-refractivity contribution is 0.563. The minimum atomic E-state index is -4.47. The first-order valence-corrected chi connectivity index (χ1v) is 3.91. The molecule has 0 N–H and O–H groups in total. The third-order valence-electron chi connectivity index (χ3n) is 0.599. The monoisotopic (exact) mass is 162 g/mol. The van der Waals surface area contributed by atoms with Crippen LogP contribution in [0.15, 0.2) is 36.3 Å². The van der Waals surface area contributed by atoms with Crippen LogP contribution >= 0.6 is 0 Å². The maximum Gasteiger partial charge on any atom is 0.325 e. The molecule has 0 heterocycles. The van der Waals surface area contributed by atoms with E-state index in [4.69, 9.17) is 0 Å². The zero-order valence-corrected chi connectivity index (χ0v) is 6.01. The molecule has 56 valence electrons. The third kappa shape index (κ3) is 7.10. The Hall–Kier alpha value is -0.900. The van der Waals surface area contributed by atoms with E-state index in [-0.39, 0.29) is 0 Å². The molecule has 0 saturated carbocycles. The van der Waals surface area contributed by atoms with Crippen molar-refractivity contribution in [1.29, 1.82) is 0 Å². The van der Waals surface area contributed by atoms with Gasteiger partial charge in [0.15, 0.2) is 0 Å². The molecule has 0 rings (SSSR count). The van der Waals surface area contributed by atoms with Crippen molar-refractivity contribution in [3.05, 3.63) is 36.3 Å². The van der Waals surface area contributed by atoms with Crippen molar-refractivity contribution in [3.8, 4) is 0 Å². The number of halogens is 1. The SMILES string of the molecule is C=CC=CC=CS(=O)(=O)F. The molecule has 0 aliphatic heterocycles. The van der Waals surface area contributed by atoms with Crippen LogP contribution in [-0.2, 0) is 10.2 Å². The first kappa shape index (κ1) is 9.10. The molecule has 0 radical (unpaired) electrons. The fraction of sp³-hybridized carbons (Fsp3) is 0. The molecule has 0 aromatic carbocycles. The Balaban J connectivity index is 4.03. The second-order valence-corrected chi connectivity index (χ2v) is 2.65. The molecular formula is C6H7FO2S. The summed E-state index contributed by atoms with van der Waals surface area (Å²) in [5.74, 6) is 0. The van der Waals surface area contributed by atoms with Crippen LogP contribution in [0, 0.1) is 0 Å². The van der Waals surface area contributed by atoms with Gasteiger partial charge in [-0.15, -0.1) is 3.89 Å². The van der Waals surface area contributed by atoms with Gasteiger partial charge in [0.05, 0.1) is 5.41 Å². The summed E-state index contributed by atoms with van der Waals surface area (Å²) in [4.78, 5) is 0. The second kappa shape index (κ2) is 4.00. The summed E-state index contributed by atoms with van der Waals surface area (Å²) in [6.45, 7) is 3.33. The van der Waals surface area contributed by atoms with Gasteiger partial charge in [0.25, 0.3) is 0 Å². The highest BCUT2D eigenvalue weighted by Gasteiger charge is 1.94. The van der Waals surface area contributed by atoms with E-state index in [0.29, 0.717) is 5.41 Å². The van der Waals surface area contributed by atoms with Crippen LogP contribution in [0.3, 0.4) is 0 Å². The molecule has 0 bridgehead atoms. The first-order valence-electron chi connectivity index (χ1n) is 2.46. The summed E-state index contributed by atoms with van der Waals surface area (Å²) in [5, 5.41) is 0.465. The minimum absolute atomic E-state index is 0.465. The largest absolute Gasteiger partial charge is 0.325 e. The molecule has 0 aromatic heterocycles. The third-order valence-corrected chi connectivity index (χ3v) is 1.08. The van der Waals surface area contributed by atoms with Gasteiger partial charge < -0.3 is 0 Å². The van der Waals surface area contributed by atoms with Gasteiger partial charge in [0.2, 0.25) is 0 Å². The van der Waals surface area contributed by atoms with Crippen LogP contribution in [0.5, 0.6) is 0 Å². The topological polar surface area (TPSA) is 34.1 Å². The quantitative estimate of drug-likeness (QED) is 0.466. The lowest BCUT2D eigenvalue weighted by atomic mass is 10.5. The summed E-state index contributed by atoms with van der Waals surface area (Å²) < 4.78 is 31.2. The van der Waals surface area contributed by atoms with Gasteiger partial charge in [-0.25, -0.2) is 0 Å². The Morgan fingerprint density at radius 1 is 1.20 bits per heavy atom. The van der Waals surface area contributed by atoms with E-state index in [0.717, 1.165) is 6.08 Å². The van der Waals surface area contributed by atoms with E-state index in [1.807, 2.05) is 0 Å². The van der Waals surface area contributed by atoms with Crippen molar-refractivity contribution < 1.29 is 12.3 Å². The summed E-state index contributed by atoms with van der Waals surface area (Å²) in [6.07, 6.45) is 5.39. The highest BCUT2D eigenvalue weighted by Crippen LogP contribution is 1.92. The Morgan fingerprint density at radius 3 is 2.20 bits per heavy atom. The summed E-state index contributed by atoms with van der Waals surface area (Å²) in [7, 11) is -4.47. The van der Waals surface area contributed by atoms with Gasteiger partial charge in [-0.3, -0.25) is 0 Å². The van der Waals surface area contributed by atoms with Crippen molar-refractivity contribution in [3.63, 3.8) is 0 Å². The highest BCUT2D eigenvalue weighted by atomic mass is 32.3. The Bertz CT molecular complexity index is 249. The van der Waals surface area contributed by atoms with Crippen LogP contribution in [0.25, 0.3) is 0 Å². The van der Waals surface area contributed by atoms with Gasteiger partial charge in [0.1, 0.15) is 0 Å². The number of rotatable bonds is 3. The molecular weight excluding hydrogens is 155 g/mol. The van der Waals surface area contributed by atoms with Crippen molar-refractivity contribution in [2.45, 2.75) is 0 Å². The fourth-order valence-electron chi connectivity index (χ4n) is 0.282. The fourth-order valence-corrected chi connectivity index (χ4v) is 0.560. The van der Waals surface area contributed by atoms with Crippen molar-refractivity contribution in [1.82, 2.24) is 0 Å². The van der Waals surface area contributed by atoms with Crippen LogP contribution in [-0.4, -0.2) is 8.42 Å². The Morgan fingerprint density at radius 2 is 1.80 bits per heavy atom. The van der Waals surface area contributed by atoms with Crippen molar-refractivity contribution >= 4 is 10.2 Å². The zero-order valence-electron chi connectivity index (χ0n) is 5.20. The van der Waals surface area contributed by atoms with Crippen LogP contribution in [0.2, 0.25) is 0 Å².